The Morgan fingerprint density at radius 1 is 1.19 bits per heavy atom. The van der Waals surface area contributed by atoms with Gasteiger partial charge in [0.15, 0.2) is 12.2 Å². The van der Waals surface area contributed by atoms with Crippen LogP contribution >= 0.6 is 0 Å². The third-order valence-corrected chi connectivity index (χ3v) is 7.18. The van der Waals surface area contributed by atoms with Crippen LogP contribution in [0.5, 0.6) is 0 Å². The number of rotatable bonds is 11. The second-order valence-corrected chi connectivity index (χ2v) is 10.2. The van der Waals surface area contributed by atoms with Gasteiger partial charge in [0.25, 0.3) is 29.1 Å². The number of aldehydes is 1. The zero-order chi connectivity index (χ0) is 32.3. The zero-order valence-corrected chi connectivity index (χ0v) is 23.5. The lowest BCUT2D eigenvalue weighted by Crippen LogP contribution is -2.79. The molecule has 1 unspecified atom stereocenters. The lowest BCUT2D eigenvalue weighted by molar-refractivity contribution is -0.398. The van der Waals surface area contributed by atoms with Crippen LogP contribution in [0.15, 0.2) is 53.0 Å². The number of carbonyl (C=O) groups excluding carboxylic acids is 3. The summed E-state index contributed by atoms with van der Waals surface area (Å²) in [6.45, 7) is 5.12. The van der Waals surface area contributed by atoms with Gasteiger partial charge in [-0.2, -0.15) is 0 Å². The Morgan fingerprint density at radius 3 is 2.35 bits per heavy atom. The lowest BCUT2D eigenvalue weighted by Gasteiger charge is -2.46. The predicted octanol–water partition coefficient (Wildman–Crippen LogP) is -3.69. The molecule has 234 valence electrons. The van der Waals surface area contributed by atoms with E-state index in [9.17, 15) is 54.5 Å². The standard InChI is InChI=1S/C26H34BFN4O11/c1-14(27)20(34)19-17(12-32(22(19)36)25(40,23(37)29-2)26(41,42)24(38,39)13-33)21(35)30-10-16-4-3-15(9-18(16)28)11-31-5-7-43-8-6-31/h3-4,9,13,30,34-35,38-42H,1,5-8,10-12,27H2,2H3,(H,29,37)/b20-19-,21-17-. The van der Waals surface area contributed by atoms with Crippen LogP contribution in [0.1, 0.15) is 11.1 Å². The number of halogens is 1. The molecule has 2 fully saturated rings. The number of aliphatic hydroxyl groups excluding tert-OH is 2. The number of hydrogen-bond acceptors (Lipinski definition) is 13. The molecule has 1 aromatic rings. The molecule has 1 aromatic carbocycles. The zero-order valence-electron chi connectivity index (χ0n) is 23.5. The monoisotopic (exact) mass is 608 g/mol. The van der Waals surface area contributed by atoms with Crippen LogP contribution in [-0.2, 0) is 32.2 Å². The van der Waals surface area contributed by atoms with E-state index >= 15 is 0 Å². The molecule has 2 saturated heterocycles. The molecule has 0 spiro atoms. The summed E-state index contributed by atoms with van der Waals surface area (Å²) in [5.41, 5.74) is -4.63. The number of carbonyl (C=O) groups is 3. The molecule has 17 heteroatoms. The Labute approximate surface area is 246 Å². The first-order valence-corrected chi connectivity index (χ1v) is 13.0. The maximum atomic E-state index is 14.9. The topological polar surface area (TPSA) is 233 Å². The third-order valence-electron chi connectivity index (χ3n) is 7.18. The van der Waals surface area contributed by atoms with Crippen LogP contribution < -0.4 is 10.6 Å². The van der Waals surface area contributed by atoms with E-state index in [4.69, 9.17) is 4.74 Å². The number of amides is 2. The summed E-state index contributed by atoms with van der Waals surface area (Å²) < 4.78 is 20.2. The largest absolute Gasteiger partial charge is 0.508 e. The van der Waals surface area contributed by atoms with Crippen LogP contribution in [0.2, 0.25) is 0 Å². The summed E-state index contributed by atoms with van der Waals surface area (Å²) in [5.74, 6) is -14.3. The number of allylic oxidation sites excluding steroid dienone is 1. The van der Waals surface area contributed by atoms with Crippen molar-refractivity contribution in [3.8, 4) is 0 Å². The number of aliphatic hydroxyl groups is 7. The predicted molar refractivity (Wildman–Crippen MR) is 147 cm³/mol. The van der Waals surface area contributed by atoms with Gasteiger partial charge in [-0.3, -0.25) is 24.2 Å². The summed E-state index contributed by atoms with van der Waals surface area (Å²) in [6, 6.07) is 4.49. The molecule has 2 heterocycles. The van der Waals surface area contributed by atoms with Crippen LogP contribution in [0.3, 0.4) is 0 Å². The molecule has 1 atom stereocenters. The number of likely N-dealkylation sites (N-methyl/N-ethyl adjacent to an activating group) is 1. The van der Waals surface area contributed by atoms with Gasteiger partial charge >= 0.3 is 0 Å². The Balaban J connectivity index is 1.98. The van der Waals surface area contributed by atoms with E-state index in [0.29, 0.717) is 38.4 Å². The maximum Gasteiger partial charge on any atom is 0.285 e. The van der Waals surface area contributed by atoms with Crippen molar-refractivity contribution < 1.29 is 59.3 Å². The number of nitrogens with zero attached hydrogens (tertiary/aromatic N) is 2. The van der Waals surface area contributed by atoms with Crippen LogP contribution in [0.4, 0.5) is 4.39 Å². The second-order valence-electron chi connectivity index (χ2n) is 10.2. The highest BCUT2D eigenvalue weighted by molar-refractivity contribution is 6.24. The van der Waals surface area contributed by atoms with Crippen molar-refractivity contribution in [1.29, 1.82) is 0 Å². The Morgan fingerprint density at radius 2 is 1.81 bits per heavy atom. The Bertz CT molecular complexity index is 1360. The molecule has 43 heavy (non-hydrogen) atoms. The van der Waals surface area contributed by atoms with Crippen LogP contribution in [-0.4, -0.2) is 129 Å². The van der Waals surface area contributed by atoms with E-state index < -0.39 is 70.6 Å². The van der Waals surface area contributed by atoms with Gasteiger partial charge in [-0.25, -0.2) is 4.39 Å². The quantitative estimate of drug-likeness (QED) is 0.0388. The average Bonchev–Trinajstić information content (AvgIpc) is 3.32. The lowest BCUT2D eigenvalue weighted by atomic mass is 9.91. The minimum absolute atomic E-state index is 0.0146. The van der Waals surface area contributed by atoms with Gasteiger partial charge in [0.05, 0.1) is 25.3 Å². The van der Waals surface area contributed by atoms with Gasteiger partial charge in [-0.15, -0.1) is 6.58 Å². The molecule has 2 aliphatic heterocycles. The molecule has 0 bridgehead atoms. The summed E-state index contributed by atoms with van der Waals surface area (Å²) in [7, 11) is 2.15. The van der Waals surface area contributed by atoms with Gasteiger partial charge in [0, 0.05) is 44.4 Å². The molecule has 0 radical (unpaired) electrons. The van der Waals surface area contributed by atoms with E-state index in [1.54, 1.807) is 6.07 Å². The maximum absolute atomic E-state index is 14.9. The molecule has 2 amide bonds. The van der Waals surface area contributed by atoms with E-state index in [-0.39, 0.29) is 22.5 Å². The van der Waals surface area contributed by atoms with E-state index in [1.165, 1.54) is 20.0 Å². The van der Waals surface area contributed by atoms with Crippen LogP contribution in [0.25, 0.3) is 0 Å². The highest BCUT2D eigenvalue weighted by Crippen LogP contribution is 2.39. The minimum Gasteiger partial charge on any atom is -0.508 e. The molecular weight excluding hydrogens is 574 g/mol. The SMILES string of the molecule is BC(=C)/C(O)=C1/C(=O)N(C(O)(C(=O)NC)C(O)(O)C(O)(O)C=O)C/C1=C(/O)NCc1ccc(CN2CCOCC2)cc1F. The molecule has 0 aliphatic carbocycles. The highest BCUT2D eigenvalue weighted by Gasteiger charge is 2.71. The molecule has 3 rings (SSSR count). The van der Waals surface area contributed by atoms with Crippen molar-refractivity contribution >= 4 is 25.9 Å². The van der Waals surface area contributed by atoms with Crippen molar-refractivity contribution in [2.45, 2.75) is 30.4 Å². The summed E-state index contributed by atoms with van der Waals surface area (Å²) in [4.78, 5) is 39.4. The number of hydrogen-bond donors (Lipinski definition) is 9. The van der Waals surface area contributed by atoms with Crippen molar-refractivity contribution in [2.75, 3.05) is 39.9 Å². The number of ether oxygens (including phenoxy) is 1. The fourth-order valence-corrected chi connectivity index (χ4v) is 4.60. The first kappa shape index (κ1) is 33.7. The average molecular weight is 608 g/mol. The molecule has 15 nitrogen and oxygen atoms in total. The van der Waals surface area contributed by atoms with Crippen LogP contribution in [0, 0.1) is 5.82 Å². The van der Waals surface area contributed by atoms with Crippen molar-refractivity contribution in [1.82, 2.24) is 20.4 Å². The second kappa shape index (κ2) is 12.8. The van der Waals surface area contributed by atoms with E-state index in [2.05, 4.69) is 16.8 Å². The first-order valence-electron chi connectivity index (χ1n) is 13.0. The third kappa shape index (κ3) is 6.28. The van der Waals surface area contributed by atoms with Crippen molar-refractivity contribution in [3.63, 3.8) is 0 Å². The normalized spacial score (nSPS) is 20.3. The molecule has 9 N–H and O–H groups in total. The molecule has 0 aromatic heterocycles. The van der Waals surface area contributed by atoms with E-state index in [0.717, 1.165) is 7.05 Å². The number of likely N-dealkylation sites (tertiary alicyclic amines) is 1. The molecular formula is C26H34BFN4O11. The number of nitrogens with one attached hydrogen (secondary N) is 2. The summed E-state index contributed by atoms with van der Waals surface area (Å²) >= 11 is 0. The molecule has 0 saturated carbocycles. The van der Waals surface area contributed by atoms with E-state index in [1.807, 2.05) is 5.32 Å². The fraction of sp³-hybridized carbons (Fsp3) is 0.423. The van der Waals surface area contributed by atoms with Gasteiger partial charge in [-0.1, -0.05) is 17.6 Å². The first-order chi connectivity index (χ1) is 20.0. The number of morpholine rings is 1. The number of benzene rings is 1. The van der Waals surface area contributed by atoms with Crippen molar-refractivity contribution in [2.24, 2.45) is 0 Å². The summed E-state index contributed by atoms with van der Waals surface area (Å²) in [6.07, 6.45) is -0.805. The summed E-state index contributed by atoms with van der Waals surface area (Å²) in [5, 5.41) is 77.7. The molecule has 2 aliphatic rings. The van der Waals surface area contributed by atoms with Gasteiger partial charge in [0.1, 0.15) is 19.4 Å². The smallest absolute Gasteiger partial charge is 0.285 e. The van der Waals surface area contributed by atoms with Gasteiger partial charge < -0.3 is 51.1 Å². The van der Waals surface area contributed by atoms with Gasteiger partial charge in [-0.05, 0) is 11.6 Å². The van der Waals surface area contributed by atoms with Crippen molar-refractivity contribution in [3.05, 3.63) is 70.0 Å². The fourth-order valence-electron chi connectivity index (χ4n) is 4.60. The Hall–Kier alpha value is -3.84. The highest BCUT2D eigenvalue weighted by atomic mass is 19.1. The minimum atomic E-state index is -4.45. The Kier molecular flexibility index (Phi) is 10.0. The van der Waals surface area contributed by atoms with Gasteiger partial charge in [0.2, 0.25) is 0 Å².